The van der Waals surface area contributed by atoms with Crippen molar-refractivity contribution in [2.75, 3.05) is 66.6 Å². The second-order valence-electron chi connectivity index (χ2n) is 5.87. The minimum absolute atomic E-state index is 0.165. The lowest BCUT2D eigenvalue weighted by atomic mass is 10.2. The molecule has 0 aliphatic carbocycles. The molecule has 0 N–H and O–H groups in total. The highest BCUT2D eigenvalue weighted by atomic mass is 16.7. The maximum atomic E-state index is 5.50. The number of hydrogen-bond acceptors (Lipinski definition) is 9. The zero-order valence-corrected chi connectivity index (χ0v) is 16.2. The van der Waals surface area contributed by atoms with E-state index in [2.05, 4.69) is 0 Å². The molecule has 0 spiro atoms. The van der Waals surface area contributed by atoms with E-state index in [-0.39, 0.29) is 12.2 Å². The van der Waals surface area contributed by atoms with E-state index in [1.165, 1.54) is 18.8 Å². The fraction of sp³-hybridized carbons (Fsp3) is 0.667. The molecule has 2 aliphatic heterocycles. The third-order valence-electron chi connectivity index (χ3n) is 3.57. The Balaban J connectivity index is 1.61. The molecule has 9 nitrogen and oxygen atoms in total. The van der Waals surface area contributed by atoms with Crippen LogP contribution in [0.25, 0.3) is 0 Å². The van der Waals surface area contributed by atoms with Gasteiger partial charge in [-0.3, -0.25) is 0 Å². The Morgan fingerprint density at radius 1 is 0.750 bits per heavy atom. The van der Waals surface area contributed by atoms with Gasteiger partial charge in [0.1, 0.15) is 12.2 Å². The molecule has 2 aliphatic rings. The van der Waals surface area contributed by atoms with Crippen LogP contribution in [0.5, 0.6) is 0 Å². The Morgan fingerprint density at radius 3 is 1.68 bits per heavy atom. The zero-order chi connectivity index (χ0) is 19.7. The van der Waals surface area contributed by atoms with Gasteiger partial charge in [-0.2, -0.15) is 0 Å². The predicted molar refractivity (Wildman–Crippen MR) is 100 cm³/mol. The second kappa shape index (κ2) is 15.4. The minimum Gasteiger partial charge on any atom is -0.497 e. The van der Waals surface area contributed by atoms with Gasteiger partial charge in [-0.1, -0.05) is 0 Å². The molecule has 2 heterocycles. The first kappa shape index (κ1) is 22.7. The molecule has 0 saturated carbocycles. The molecule has 0 aromatic heterocycles. The summed E-state index contributed by atoms with van der Waals surface area (Å²) in [6, 6.07) is 0. The van der Waals surface area contributed by atoms with Crippen molar-refractivity contribution in [3.63, 3.8) is 0 Å². The maximum Gasteiger partial charge on any atom is 0.862 e. The molecule has 0 unspecified atom stereocenters. The fourth-order valence-corrected chi connectivity index (χ4v) is 1.87. The lowest BCUT2D eigenvalue weighted by Gasteiger charge is -2.25. The summed E-state index contributed by atoms with van der Waals surface area (Å²) in [5, 5.41) is 0. The molecule has 2 rings (SSSR count). The first-order valence-corrected chi connectivity index (χ1v) is 9.25. The Morgan fingerprint density at radius 2 is 1.25 bits per heavy atom. The average Bonchev–Trinajstić information content (AvgIpc) is 2.62. The van der Waals surface area contributed by atoms with Gasteiger partial charge in [0.25, 0.3) is 0 Å². The highest BCUT2D eigenvalue weighted by Gasteiger charge is 2.24. The summed E-state index contributed by atoms with van der Waals surface area (Å²) in [6.07, 6.45) is 9.92. The van der Waals surface area contributed by atoms with Crippen LogP contribution in [0.4, 0.5) is 0 Å². The first-order valence-electron chi connectivity index (χ1n) is 9.25. The van der Waals surface area contributed by atoms with Gasteiger partial charge in [-0.05, 0) is 18.2 Å². The summed E-state index contributed by atoms with van der Waals surface area (Å²) in [5.41, 5.74) is 0. The van der Waals surface area contributed by atoms with Crippen LogP contribution < -0.4 is 0 Å². The largest absolute Gasteiger partial charge is 0.862 e. The van der Waals surface area contributed by atoms with E-state index in [0.29, 0.717) is 59.5 Å². The summed E-state index contributed by atoms with van der Waals surface area (Å²) in [7, 11) is 0.681. The van der Waals surface area contributed by atoms with Crippen LogP contribution >= 0.6 is 0 Å². The normalized spacial score (nSPS) is 17.9. The molecule has 10 heteroatoms. The standard InChI is InChI=1S/C18H29BO9/c1-20-11-12-21-5-2-8-26-19(27-9-3-6-24-17-13-22-14-17)28-10-4-7-25-18-15-23-16-18/h2-4,8-10,17-18H,5-7,11-16H2,1H3/b8-2-,9-3+,10-4+. The van der Waals surface area contributed by atoms with Gasteiger partial charge >= 0.3 is 7.32 Å². The molecule has 2 saturated heterocycles. The molecular formula is C18H29BO9. The van der Waals surface area contributed by atoms with Crippen molar-refractivity contribution in [2.24, 2.45) is 0 Å². The van der Waals surface area contributed by atoms with E-state index in [0.717, 1.165) is 0 Å². The topological polar surface area (TPSA) is 83.1 Å². The lowest BCUT2D eigenvalue weighted by molar-refractivity contribution is -0.123. The molecule has 2 fully saturated rings. The van der Waals surface area contributed by atoms with Crippen molar-refractivity contribution in [2.45, 2.75) is 12.2 Å². The van der Waals surface area contributed by atoms with Gasteiger partial charge in [-0.25, -0.2) is 0 Å². The SMILES string of the molecule is COCCOC/C=C\OB(O/C=C/COC1COC1)O/C=C/COC1COC1. The summed E-state index contributed by atoms with van der Waals surface area (Å²) in [6.45, 7) is 4.87. The summed E-state index contributed by atoms with van der Waals surface area (Å²) < 4.78 is 47.5. The second-order valence-corrected chi connectivity index (χ2v) is 5.87. The minimum atomic E-state index is -0.943. The third kappa shape index (κ3) is 10.7. The quantitative estimate of drug-likeness (QED) is 0.202. The Bertz CT molecular complexity index is 434. The summed E-state index contributed by atoms with van der Waals surface area (Å²) >= 11 is 0. The van der Waals surface area contributed by atoms with Gasteiger partial charge in [-0.15, -0.1) is 0 Å². The fourth-order valence-electron chi connectivity index (χ4n) is 1.87. The molecule has 0 radical (unpaired) electrons. The van der Waals surface area contributed by atoms with Crippen LogP contribution in [-0.4, -0.2) is 86.1 Å². The molecule has 158 valence electrons. The molecule has 0 bridgehead atoms. The molecule has 0 aromatic rings. The van der Waals surface area contributed by atoms with E-state index in [1.54, 1.807) is 25.3 Å². The third-order valence-corrected chi connectivity index (χ3v) is 3.57. The average molecular weight is 400 g/mol. The van der Waals surface area contributed by atoms with Gasteiger partial charge in [0.05, 0.1) is 78.2 Å². The summed E-state index contributed by atoms with van der Waals surface area (Å²) in [5.74, 6) is 0. The van der Waals surface area contributed by atoms with Crippen molar-refractivity contribution in [1.82, 2.24) is 0 Å². The zero-order valence-electron chi connectivity index (χ0n) is 16.2. The van der Waals surface area contributed by atoms with E-state index >= 15 is 0 Å². The van der Waals surface area contributed by atoms with E-state index in [9.17, 15) is 0 Å². The van der Waals surface area contributed by atoms with Crippen LogP contribution in [0.2, 0.25) is 0 Å². The Hall–Kier alpha value is -1.56. The van der Waals surface area contributed by atoms with Crippen LogP contribution in [0, 0.1) is 0 Å². The lowest BCUT2D eigenvalue weighted by Crippen LogP contribution is -2.36. The first-order chi connectivity index (χ1) is 13.9. The summed E-state index contributed by atoms with van der Waals surface area (Å²) in [4.78, 5) is 0. The highest BCUT2D eigenvalue weighted by Crippen LogP contribution is 2.06. The van der Waals surface area contributed by atoms with Crippen LogP contribution in [-0.2, 0) is 42.4 Å². The number of ether oxygens (including phenoxy) is 6. The monoisotopic (exact) mass is 400 g/mol. The molecule has 28 heavy (non-hydrogen) atoms. The smallest absolute Gasteiger partial charge is 0.497 e. The number of methoxy groups -OCH3 is 1. The molecule has 0 amide bonds. The van der Waals surface area contributed by atoms with Crippen LogP contribution in [0.3, 0.4) is 0 Å². The molecular weight excluding hydrogens is 371 g/mol. The highest BCUT2D eigenvalue weighted by molar-refractivity contribution is 6.37. The number of rotatable bonds is 17. The van der Waals surface area contributed by atoms with Crippen LogP contribution in [0.15, 0.2) is 37.0 Å². The Kier molecular flexibility index (Phi) is 12.5. The van der Waals surface area contributed by atoms with Crippen molar-refractivity contribution >= 4 is 7.32 Å². The number of hydrogen-bond donors (Lipinski definition) is 0. The van der Waals surface area contributed by atoms with E-state index in [4.69, 9.17) is 42.4 Å². The molecule has 0 atom stereocenters. The van der Waals surface area contributed by atoms with E-state index in [1.807, 2.05) is 0 Å². The van der Waals surface area contributed by atoms with Crippen molar-refractivity contribution in [3.05, 3.63) is 37.0 Å². The van der Waals surface area contributed by atoms with E-state index < -0.39 is 7.32 Å². The van der Waals surface area contributed by atoms with Crippen molar-refractivity contribution in [3.8, 4) is 0 Å². The van der Waals surface area contributed by atoms with Gasteiger partial charge in [0, 0.05) is 7.11 Å². The Labute approximate surface area is 166 Å². The van der Waals surface area contributed by atoms with Crippen LogP contribution in [0.1, 0.15) is 0 Å². The maximum absolute atomic E-state index is 5.50. The predicted octanol–water partition coefficient (Wildman–Crippen LogP) is 1.06. The van der Waals surface area contributed by atoms with Gasteiger partial charge in [0.15, 0.2) is 0 Å². The molecule has 0 aromatic carbocycles. The van der Waals surface area contributed by atoms with Crippen molar-refractivity contribution < 1.29 is 42.4 Å². The van der Waals surface area contributed by atoms with Gasteiger partial charge in [0.2, 0.25) is 0 Å². The van der Waals surface area contributed by atoms with Gasteiger partial charge < -0.3 is 42.4 Å². The van der Waals surface area contributed by atoms with Crippen molar-refractivity contribution in [1.29, 1.82) is 0 Å².